The number of hydrogen-bond acceptors (Lipinski definition) is 2. The summed E-state index contributed by atoms with van der Waals surface area (Å²) in [6, 6.07) is 14.6. The van der Waals surface area contributed by atoms with Crippen molar-refractivity contribution in [3.8, 4) is 5.75 Å². The molecule has 1 atom stereocenters. The van der Waals surface area contributed by atoms with Gasteiger partial charge in [0, 0.05) is 5.56 Å². The number of aryl methyl sites for hydroxylation is 1. The van der Waals surface area contributed by atoms with Gasteiger partial charge in [-0.05, 0) is 49.9 Å². The van der Waals surface area contributed by atoms with E-state index in [4.69, 9.17) is 4.74 Å². The molecule has 2 aromatic rings. The van der Waals surface area contributed by atoms with E-state index >= 15 is 0 Å². The minimum atomic E-state index is -0.736. The average Bonchev–Trinajstić information content (AvgIpc) is 2.49. The van der Waals surface area contributed by atoms with Crippen molar-refractivity contribution in [3.63, 3.8) is 0 Å². The normalized spacial score (nSPS) is 12.1. The van der Waals surface area contributed by atoms with Crippen LogP contribution in [0.15, 0.2) is 48.5 Å². The Balaban J connectivity index is 1.78. The van der Waals surface area contributed by atoms with E-state index in [1.54, 1.807) is 13.0 Å². The van der Waals surface area contributed by atoms with Crippen molar-refractivity contribution in [2.45, 2.75) is 32.3 Å². The molecule has 0 spiro atoms. The summed E-state index contributed by atoms with van der Waals surface area (Å²) in [7, 11) is 0. The average molecular weight is 288 g/mol. The molecular weight excluding hydrogens is 267 g/mol. The molecule has 1 N–H and O–H groups in total. The van der Waals surface area contributed by atoms with Gasteiger partial charge in [0.1, 0.15) is 11.6 Å². The molecule has 3 heteroatoms. The minimum absolute atomic E-state index is 0.359. The smallest absolute Gasteiger partial charge is 0.125 e. The molecule has 0 unspecified atom stereocenters. The molecule has 0 heterocycles. The van der Waals surface area contributed by atoms with E-state index < -0.39 is 6.10 Å². The van der Waals surface area contributed by atoms with E-state index in [0.717, 1.165) is 19.3 Å². The van der Waals surface area contributed by atoms with Crippen molar-refractivity contribution in [1.29, 1.82) is 0 Å². The molecule has 0 aromatic heterocycles. The first-order valence-electron chi connectivity index (χ1n) is 7.31. The Morgan fingerprint density at radius 3 is 2.57 bits per heavy atom. The zero-order valence-electron chi connectivity index (χ0n) is 12.3. The van der Waals surface area contributed by atoms with E-state index in [-0.39, 0.29) is 5.82 Å². The van der Waals surface area contributed by atoms with E-state index in [1.165, 1.54) is 17.7 Å². The molecule has 0 aliphatic carbocycles. The maximum absolute atomic E-state index is 13.2. The Kier molecular flexibility index (Phi) is 5.76. The zero-order valence-corrected chi connectivity index (χ0v) is 12.3. The fourth-order valence-electron chi connectivity index (χ4n) is 2.24. The first-order chi connectivity index (χ1) is 10.2. The number of hydrogen-bond donors (Lipinski definition) is 1. The van der Waals surface area contributed by atoms with Gasteiger partial charge in [0.2, 0.25) is 0 Å². The first kappa shape index (κ1) is 15.5. The molecule has 2 nitrogen and oxygen atoms in total. The van der Waals surface area contributed by atoms with Gasteiger partial charge >= 0.3 is 0 Å². The third-order valence-electron chi connectivity index (χ3n) is 3.38. The van der Waals surface area contributed by atoms with Crippen LogP contribution in [-0.2, 0) is 6.42 Å². The lowest BCUT2D eigenvalue weighted by molar-refractivity contribution is 0.190. The number of benzene rings is 2. The Hall–Kier alpha value is -1.87. The molecule has 0 fully saturated rings. The van der Waals surface area contributed by atoms with Gasteiger partial charge in [0.05, 0.1) is 12.7 Å². The number of aliphatic hydroxyl groups excluding tert-OH is 1. The highest BCUT2D eigenvalue weighted by Crippen LogP contribution is 2.26. The molecule has 21 heavy (non-hydrogen) atoms. The summed E-state index contributed by atoms with van der Waals surface area (Å²) in [5.41, 5.74) is 1.82. The molecular formula is C18H21FO2. The van der Waals surface area contributed by atoms with Gasteiger partial charge in [0.25, 0.3) is 0 Å². The number of aliphatic hydroxyl groups is 1. The lowest BCUT2D eigenvalue weighted by Crippen LogP contribution is -2.03. The van der Waals surface area contributed by atoms with Crippen molar-refractivity contribution in [3.05, 3.63) is 65.5 Å². The van der Waals surface area contributed by atoms with E-state index in [9.17, 15) is 9.50 Å². The van der Waals surface area contributed by atoms with Crippen LogP contribution in [0, 0.1) is 5.82 Å². The number of rotatable bonds is 7. The summed E-state index contributed by atoms with van der Waals surface area (Å²) in [6.07, 6.45) is 2.25. The van der Waals surface area contributed by atoms with E-state index in [1.807, 2.05) is 18.2 Å². The van der Waals surface area contributed by atoms with Gasteiger partial charge in [-0.1, -0.05) is 30.3 Å². The molecule has 0 radical (unpaired) electrons. The van der Waals surface area contributed by atoms with Crippen molar-refractivity contribution in [2.75, 3.05) is 6.61 Å². The molecule has 2 aromatic carbocycles. The predicted octanol–water partition coefficient (Wildman–Crippen LogP) is 4.28. The van der Waals surface area contributed by atoms with Gasteiger partial charge in [-0.2, -0.15) is 0 Å². The molecule has 0 amide bonds. The second-order valence-corrected chi connectivity index (χ2v) is 5.15. The molecule has 0 saturated heterocycles. The number of unbranched alkanes of at least 4 members (excludes halogenated alkanes) is 1. The van der Waals surface area contributed by atoms with Crippen molar-refractivity contribution >= 4 is 0 Å². The van der Waals surface area contributed by atoms with Crippen LogP contribution < -0.4 is 4.74 Å². The van der Waals surface area contributed by atoms with E-state index in [2.05, 4.69) is 12.1 Å². The van der Waals surface area contributed by atoms with Gasteiger partial charge < -0.3 is 9.84 Å². The summed E-state index contributed by atoms with van der Waals surface area (Å²) in [4.78, 5) is 0. The molecule has 0 aliphatic rings. The summed E-state index contributed by atoms with van der Waals surface area (Å²) in [5, 5.41) is 9.63. The van der Waals surface area contributed by atoms with Crippen LogP contribution in [0.3, 0.4) is 0 Å². The van der Waals surface area contributed by atoms with Crippen LogP contribution in [0.1, 0.15) is 37.0 Å². The third kappa shape index (κ3) is 4.87. The molecule has 0 saturated carbocycles. The van der Waals surface area contributed by atoms with Crippen LogP contribution >= 0.6 is 0 Å². The van der Waals surface area contributed by atoms with Gasteiger partial charge in [-0.3, -0.25) is 0 Å². The quantitative estimate of drug-likeness (QED) is 0.770. The van der Waals surface area contributed by atoms with Crippen molar-refractivity contribution < 1.29 is 14.2 Å². The lowest BCUT2D eigenvalue weighted by atomic mass is 10.1. The van der Waals surface area contributed by atoms with Crippen LogP contribution in [0.5, 0.6) is 5.75 Å². The highest BCUT2D eigenvalue weighted by atomic mass is 19.1. The third-order valence-corrected chi connectivity index (χ3v) is 3.38. The van der Waals surface area contributed by atoms with Crippen LogP contribution in [0.2, 0.25) is 0 Å². The highest BCUT2D eigenvalue weighted by molar-refractivity contribution is 5.35. The Bertz CT molecular complexity index is 552. The highest BCUT2D eigenvalue weighted by Gasteiger charge is 2.10. The van der Waals surface area contributed by atoms with Crippen molar-refractivity contribution in [2.24, 2.45) is 0 Å². The van der Waals surface area contributed by atoms with Crippen LogP contribution in [0.25, 0.3) is 0 Å². The maximum Gasteiger partial charge on any atom is 0.125 e. The zero-order chi connectivity index (χ0) is 15.1. The van der Waals surface area contributed by atoms with E-state index in [0.29, 0.717) is 17.9 Å². The Labute approximate surface area is 125 Å². The second-order valence-electron chi connectivity index (χ2n) is 5.15. The molecule has 0 bridgehead atoms. The summed E-state index contributed by atoms with van der Waals surface area (Å²) in [5.74, 6) is 0.202. The van der Waals surface area contributed by atoms with Gasteiger partial charge in [0.15, 0.2) is 0 Å². The standard InChI is InChI=1S/C18H21FO2/c1-14(20)17-13-16(19)10-11-18(17)21-12-6-5-9-15-7-3-2-4-8-15/h2-4,7-8,10-11,13-14,20H,5-6,9,12H2,1H3/t14-/m0/s1. The fourth-order valence-corrected chi connectivity index (χ4v) is 2.24. The first-order valence-corrected chi connectivity index (χ1v) is 7.31. The van der Waals surface area contributed by atoms with Gasteiger partial charge in [-0.25, -0.2) is 4.39 Å². The summed E-state index contributed by atoms with van der Waals surface area (Å²) in [6.45, 7) is 2.18. The minimum Gasteiger partial charge on any atom is -0.493 e. The topological polar surface area (TPSA) is 29.5 Å². The molecule has 0 aliphatic heterocycles. The van der Waals surface area contributed by atoms with Crippen LogP contribution in [-0.4, -0.2) is 11.7 Å². The second kappa shape index (κ2) is 7.79. The summed E-state index contributed by atoms with van der Waals surface area (Å²) >= 11 is 0. The predicted molar refractivity (Wildman–Crippen MR) is 81.9 cm³/mol. The van der Waals surface area contributed by atoms with Gasteiger partial charge in [-0.15, -0.1) is 0 Å². The maximum atomic E-state index is 13.2. The summed E-state index contributed by atoms with van der Waals surface area (Å²) < 4.78 is 18.8. The number of halogens is 1. The number of ether oxygens (including phenoxy) is 1. The molecule has 2 rings (SSSR count). The fraction of sp³-hybridized carbons (Fsp3) is 0.333. The Morgan fingerprint density at radius 1 is 1.10 bits per heavy atom. The Morgan fingerprint density at radius 2 is 1.86 bits per heavy atom. The lowest BCUT2D eigenvalue weighted by Gasteiger charge is -2.13. The van der Waals surface area contributed by atoms with Crippen LogP contribution in [0.4, 0.5) is 4.39 Å². The molecule has 112 valence electrons. The largest absolute Gasteiger partial charge is 0.493 e. The monoisotopic (exact) mass is 288 g/mol. The van der Waals surface area contributed by atoms with Crippen molar-refractivity contribution in [1.82, 2.24) is 0 Å². The SMILES string of the molecule is C[C@H](O)c1cc(F)ccc1OCCCCc1ccccc1.